The Balaban J connectivity index is 1.29. The number of benzene rings is 2. The van der Waals surface area contributed by atoms with E-state index in [1.54, 1.807) is 29.2 Å². The van der Waals surface area contributed by atoms with Gasteiger partial charge in [-0.3, -0.25) is 14.9 Å². The Morgan fingerprint density at radius 1 is 1.13 bits per heavy atom. The lowest BCUT2D eigenvalue weighted by molar-refractivity contribution is -0.119. The van der Waals surface area contributed by atoms with Crippen molar-refractivity contribution in [2.75, 3.05) is 18.7 Å². The van der Waals surface area contributed by atoms with Crippen LogP contribution in [0.25, 0.3) is 10.6 Å². The topological polar surface area (TPSA) is 93.7 Å². The Kier molecular flexibility index (Phi) is 5.21. The van der Waals surface area contributed by atoms with Crippen LogP contribution in [0.15, 0.2) is 42.5 Å². The minimum Gasteiger partial charge on any atom is -0.454 e. The van der Waals surface area contributed by atoms with E-state index in [0.29, 0.717) is 45.2 Å². The van der Waals surface area contributed by atoms with E-state index < -0.39 is 6.04 Å². The maximum absolute atomic E-state index is 12.9. The van der Waals surface area contributed by atoms with Gasteiger partial charge in [-0.05, 0) is 49.2 Å². The fraction of sp³-hybridized carbons (Fsp3) is 0.238. The molecule has 0 bridgehead atoms. The van der Waals surface area contributed by atoms with Gasteiger partial charge in [-0.15, -0.1) is 10.2 Å². The lowest BCUT2D eigenvalue weighted by Gasteiger charge is -2.23. The highest BCUT2D eigenvalue weighted by molar-refractivity contribution is 7.18. The van der Waals surface area contributed by atoms with Crippen molar-refractivity contribution in [1.29, 1.82) is 0 Å². The van der Waals surface area contributed by atoms with Crippen molar-refractivity contribution in [3.05, 3.63) is 53.1 Å². The molecule has 1 aromatic heterocycles. The highest BCUT2D eigenvalue weighted by Gasteiger charge is 2.35. The highest BCUT2D eigenvalue weighted by Crippen LogP contribution is 2.37. The summed E-state index contributed by atoms with van der Waals surface area (Å²) < 4.78 is 10.7. The van der Waals surface area contributed by atoms with Crippen LogP contribution in [0, 0.1) is 0 Å². The van der Waals surface area contributed by atoms with E-state index in [1.165, 1.54) is 11.3 Å². The van der Waals surface area contributed by atoms with E-state index in [0.717, 1.165) is 12.0 Å². The number of rotatable bonds is 4. The molecule has 3 heterocycles. The molecule has 0 radical (unpaired) electrons. The maximum Gasteiger partial charge on any atom is 0.254 e. The molecule has 1 unspecified atom stereocenters. The molecule has 1 N–H and O–H groups in total. The van der Waals surface area contributed by atoms with Gasteiger partial charge in [-0.2, -0.15) is 0 Å². The Morgan fingerprint density at radius 3 is 2.87 bits per heavy atom. The van der Waals surface area contributed by atoms with Crippen LogP contribution in [0.1, 0.15) is 23.2 Å². The fourth-order valence-electron chi connectivity index (χ4n) is 3.68. The summed E-state index contributed by atoms with van der Waals surface area (Å²) in [5, 5.41) is 12.6. The van der Waals surface area contributed by atoms with Crippen molar-refractivity contribution in [1.82, 2.24) is 15.1 Å². The first-order valence-corrected chi connectivity index (χ1v) is 10.9. The molecule has 2 aliphatic heterocycles. The van der Waals surface area contributed by atoms with Crippen molar-refractivity contribution in [3.63, 3.8) is 0 Å². The van der Waals surface area contributed by atoms with Gasteiger partial charge in [-0.1, -0.05) is 29.0 Å². The highest BCUT2D eigenvalue weighted by atomic mass is 35.5. The second-order valence-corrected chi connectivity index (χ2v) is 8.55. The molecule has 0 aliphatic carbocycles. The number of carbonyl (C=O) groups is 2. The van der Waals surface area contributed by atoms with E-state index >= 15 is 0 Å². The van der Waals surface area contributed by atoms with Crippen LogP contribution in [-0.4, -0.2) is 46.3 Å². The number of amides is 2. The van der Waals surface area contributed by atoms with Crippen LogP contribution in [0.3, 0.4) is 0 Å². The van der Waals surface area contributed by atoms with Gasteiger partial charge in [0.1, 0.15) is 11.0 Å². The summed E-state index contributed by atoms with van der Waals surface area (Å²) in [6, 6.07) is 11.7. The molecule has 158 valence electrons. The predicted octanol–water partition coefficient (Wildman–Crippen LogP) is 3.83. The molecule has 10 heteroatoms. The van der Waals surface area contributed by atoms with Gasteiger partial charge < -0.3 is 14.4 Å². The minimum atomic E-state index is -0.565. The predicted molar refractivity (Wildman–Crippen MR) is 116 cm³/mol. The zero-order valence-corrected chi connectivity index (χ0v) is 17.8. The van der Waals surface area contributed by atoms with Gasteiger partial charge in [-0.25, -0.2) is 0 Å². The zero-order valence-electron chi connectivity index (χ0n) is 16.2. The second-order valence-electron chi connectivity index (χ2n) is 7.14. The largest absolute Gasteiger partial charge is 0.454 e. The fourth-order valence-corrected chi connectivity index (χ4v) is 4.61. The van der Waals surface area contributed by atoms with Crippen LogP contribution in [-0.2, 0) is 4.79 Å². The molecule has 5 rings (SSSR count). The summed E-state index contributed by atoms with van der Waals surface area (Å²) in [6.45, 7) is 0.712. The van der Waals surface area contributed by atoms with Gasteiger partial charge in [0.15, 0.2) is 11.5 Å². The lowest BCUT2D eigenvalue weighted by atomic mass is 10.1. The van der Waals surface area contributed by atoms with E-state index in [-0.39, 0.29) is 18.6 Å². The molecular formula is C21H17ClN4O4S. The van der Waals surface area contributed by atoms with Gasteiger partial charge in [0.25, 0.3) is 5.91 Å². The second kappa shape index (κ2) is 8.16. The molecule has 2 aliphatic rings. The molecule has 1 fully saturated rings. The number of likely N-dealkylation sites (tertiary alicyclic amines) is 1. The van der Waals surface area contributed by atoms with Crippen molar-refractivity contribution >= 4 is 39.9 Å². The zero-order chi connectivity index (χ0) is 21.4. The third kappa shape index (κ3) is 3.94. The molecule has 0 saturated carbocycles. The van der Waals surface area contributed by atoms with Gasteiger partial charge >= 0.3 is 0 Å². The minimum absolute atomic E-state index is 0.196. The first-order chi connectivity index (χ1) is 15.1. The number of carbonyl (C=O) groups excluding carboxylic acids is 2. The summed E-state index contributed by atoms with van der Waals surface area (Å²) >= 11 is 7.26. The number of nitrogens with one attached hydrogen (secondary N) is 1. The maximum atomic E-state index is 12.9. The van der Waals surface area contributed by atoms with Crippen molar-refractivity contribution in [3.8, 4) is 22.1 Å². The van der Waals surface area contributed by atoms with E-state index in [1.807, 2.05) is 18.2 Å². The summed E-state index contributed by atoms with van der Waals surface area (Å²) in [4.78, 5) is 27.4. The molecule has 8 nitrogen and oxygen atoms in total. The van der Waals surface area contributed by atoms with E-state index in [2.05, 4.69) is 15.5 Å². The number of hydrogen-bond donors (Lipinski definition) is 1. The van der Waals surface area contributed by atoms with E-state index in [4.69, 9.17) is 21.1 Å². The normalized spacial score (nSPS) is 17.1. The number of hydrogen-bond acceptors (Lipinski definition) is 7. The van der Waals surface area contributed by atoms with Crippen molar-refractivity contribution < 1.29 is 19.1 Å². The summed E-state index contributed by atoms with van der Waals surface area (Å²) in [6.07, 6.45) is 1.34. The van der Waals surface area contributed by atoms with Crippen molar-refractivity contribution in [2.45, 2.75) is 18.9 Å². The smallest absolute Gasteiger partial charge is 0.254 e. The molecule has 0 spiro atoms. The van der Waals surface area contributed by atoms with Crippen LogP contribution < -0.4 is 14.8 Å². The third-order valence-electron chi connectivity index (χ3n) is 5.16. The quantitative estimate of drug-likeness (QED) is 0.641. The Bertz CT molecular complexity index is 1170. The van der Waals surface area contributed by atoms with Crippen LogP contribution >= 0.6 is 22.9 Å². The average Bonchev–Trinajstić information content (AvgIpc) is 3.52. The number of ether oxygens (including phenoxy) is 2. The molecule has 1 atom stereocenters. The third-order valence-corrected chi connectivity index (χ3v) is 6.29. The Hall–Kier alpha value is -3.17. The van der Waals surface area contributed by atoms with Crippen LogP contribution in [0.2, 0.25) is 5.02 Å². The van der Waals surface area contributed by atoms with Crippen molar-refractivity contribution in [2.24, 2.45) is 0 Å². The van der Waals surface area contributed by atoms with E-state index in [9.17, 15) is 9.59 Å². The molecule has 1 saturated heterocycles. The summed E-state index contributed by atoms with van der Waals surface area (Å²) in [5.74, 6) is 0.853. The first kappa shape index (κ1) is 19.8. The molecular weight excluding hydrogens is 440 g/mol. The SMILES string of the molecule is O=C(Nc1nnc(-c2ccc3c(c2)OCO3)s1)C1CCCN1C(=O)c1cccc(Cl)c1. The number of fused-ring (bicyclic) bond motifs is 1. The first-order valence-electron chi connectivity index (χ1n) is 9.69. The van der Waals surface area contributed by atoms with Crippen LogP contribution in [0.4, 0.5) is 5.13 Å². The van der Waals surface area contributed by atoms with Gasteiger partial charge in [0.05, 0.1) is 0 Å². The molecule has 2 amide bonds. The number of nitrogens with zero attached hydrogens (tertiary/aromatic N) is 3. The number of halogens is 1. The number of anilines is 1. The molecule has 2 aromatic carbocycles. The monoisotopic (exact) mass is 456 g/mol. The average molecular weight is 457 g/mol. The Morgan fingerprint density at radius 2 is 2.00 bits per heavy atom. The lowest BCUT2D eigenvalue weighted by Crippen LogP contribution is -2.43. The molecule has 31 heavy (non-hydrogen) atoms. The van der Waals surface area contributed by atoms with Gasteiger partial charge in [0, 0.05) is 22.7 Å². The van der Waals surface area contributed by atoms with Crippen LogP contribution in [0.5, 0.6) is 11.5 Å². The van der Waals surface area contributed by atoms with Gasteiger partial charge in [0.2, 0.25) is 17.8 Å². The Labute approximate surface area is 186 Å². The number of aromatic nitrogens is 2. The standard InChI is InChI=1S/C21H17ClN4O4S/c22-14-4-1-3-13(9-14)20(28)26-8-2-5-15(26)18(27)23-21-25-24-19(31-21)12-6-7-16-17(10-12)30-11-29-16/h1,3-4,6-7,9-10,15H,2,5,8,11H2,(H,23,25,27). The summed E-state index contributed by atoms with van der Waals surface area (Å²) in [7, 11) is 0. The summed E-state index contributed by atoms with van der Waals surface area (Å²) in [5.41, 5.74) is 1.29. The molecule has 3 aromatic rings.